The third kappa shape index (κ3) is 1.67. The molecule has 0 saturated heterocycles. The van der Waals surface area contributed by atoms with E-state index in [0.29, 0.717) is 0 Å². The van der Waals surface area contributed by atoms with Crippen molar-refractivity contribution >= 4 is 37.9 Å². The maximum absolute atomic E-state index is 4.59. The molecule has 0 radical (unpaired) electrons. The van der Waals surface area contributed by atoms with E-state index in [1.54, 1.807) is 0 Å². The first-order valence-electron chi connectivity index (χ1n) is 6.45. The van der Waals surface area contributed by atoms with Gasteiger partial charge in [0.15, 0.2) is 0 Å². The molecule has 4 aromatic rings. The van der Waals surface area contributed by atoms with Gasteiger partial charge >= 0.3 is 0 Å². The van der Waals surface area contributed by atoms with Gasteiger partial charge in [-0.25, -0.2) is 0 Å². The van der Waals surface area contributed by atoms with Crippen LogP contribution in [-0.2, 0) is 0 Å². The Labute approximate surface area is 124 Å². The molecular formula is C17H11BrN2. The smallest absolute Gasteiger partial charge is 0.0964 e. The fourth-order valence-electron chi connectivity index (χ4n) is 2.66. The van der Waals surface area contributed by atoms with Crippen LogP contribution in [0, 0.1) is 0 Å². The molecule has 0 saturated carbocycles. The number of hydrogen-bond donors (Lipinski definition) is 0. The second kappa shape index (κ2) is 4.46. The van der Waals surface area contributed by atoms with Gasteiger partial charge in [0.25, 0.3) is 0 Å². The van der Waals surface area contributed by atoms with Gasteiger partial charge in [-0.1, -0.05) is 36.4 Å². The topological polar surface area (TPSA) is 17.8 Å². The molecule has 4 rings (SSSR count). The van der Waals surface area contributed by atoms with E-state index in [1.165, 1.54) is 10.9 Å². The molecule has 2 nitrogen and oxygen atoms in total. The Balaban J connectivity index is 2.23. The lowest BCUT2D eigenvalue weighted by Crippen LogP contribution is -1.93. The summed E-state index contributed by atoms with van der Waals surface area (Å²) in [5, 5.41) is 1.18. The van der Waals surface area contributed by atoms with E-state index in [0.717, 1.165) is 21.2 Å². The maximum Gasteiger partial charge on any atom is 0.0964 e. The number of pyridine rings is 1. The van der Waals surface area contributed by atoms with Crippen molar-refractivity contribution in [2.45, 2.75) is 0 Å². The van der Waals surface area contributed by atoms with Crippen LogP contribution in [0.4, 0.5) is 0 Å². The molecule has 0 N–H and O–H groups in total. The van der Waals surface area contributed by atoms with E-state index in [2.05, 4.69) is 80.1 Å². The van der Waals surface area contributed by atoms with E-state index in [4.69, 9.17) is 0 Å². The Morgan fingerprint density at radius 3 is 2.45 bits per heavy atom. The summed E-state index contributed by atoms with van der Waals surface area (Å²) in [6.45, 7) is 0. The highest BCUT2D eigenvalue weighted by molar-refractivity contribution is 9.10. The normalized spacial score (nSPS) is 11.2. The van der Waals surface area contributed by atoms with Crippen molar-refractivity contribution < 1.29 is 0 Å². The molecule has 0 aliphatic heterocycles. The lowest BCUT2D eigenvalue weighted by atomic mass is 10.2. The van der Waals surface area contributed by atoms with Crippen LogP contribution in [0.5, 0.6) is 0 Å². The van der Waals surface area contributed by atoms with E-state index in [-0.39, 0.29) is 0 Å². The molecule has 2 aromatic carbocycles. The van der Waals surface area contributed by atoms with Crippen molar-refractivity contribution in [1.82, 2.24) is 9.55 Å². The number of fused-ring (bicyclic) bond motifs is 3. The highest BCUT2D eigenvalue weighted by Crippen LogP contribution is 2.31. The van der Waals surface area contributed by atoms with Gasteiger partial charge in [0, 0.05) is 21.7 Å². The van der Waals surface area contributed by atoms with Crippen LogP contribution in [0.1, 0.15) is 0 Å². The van der Waals surface area contributed by atoms with Gasteiger partial charge in [-0.05, 0) is 40.2 Å². The second-order valence-corrected chi connectivity index (χ2v) is 5.63. The Morgan fingerprint density at radius 2 is 1.60 bits per heavy atom. The van der Waals surface area contributed by atoms with E-state index in [9.17, 15) is 0 Å². The van der Waals surface area contributed by atoms with Crippen LogP contribution in [-0.4, -0.2) is 9.55 Å². The number of hydrogen-bond acceptors (Lipinski definition) is 1. The average molecular weight is 323 g/mol. The molecule has 0 unspecified atom stereocenters. The highest BCUT2D eigenvalue weighted by atomic mass is 79.9. The number of aromatic nitrogens is 2. The number of nitrogens with zero attached hydrogens (tertiary/aromatic N) is 2. The number of benzene rings is 2. The van der Waals surface area contributed by atoms with Gasteiger partial charge in [-0.15, -0.1) is 0 Å². The van der Waals surface area contributed by atoms with E-state index in [1.807, 2.05) is 12.3 Å². The first-order chi connectivity index (χ1) is 9.84. The molecule has 0 spiro atoms. The minimum Gasteiger partial charge on any atom is -0.308 e. The molecule has 0 atom stereocenters. The summed E-state index contributed by atoms with van der Waals surface area (Å²) >= 11 is 3.52. The minimum absolute atomic E-state index is 0.991. The summed E-state index contributed by atoms with van der Waals surface area (Å²) in [4.78, 5) is 4.59. The maximum atomic E-state index is 4.59. The number of para-hydroxylation sites is 2. The zero-order chi connectivity index (χ0) is 13.5. The molecule has 96 valence electrons. The van der Waals surface area contributed by atoms with Gasteiger partial charge in [0.1, 0.15) is 0 Å². The largest absolute Gasteiger partial charge is 0.308 e. The van der Waals surface area contributed by atoms with E-state index >= 15 is 0 Å². The van der Waals surface area contributed by atoms with Gasteiger partial charge in [-0.2, -0.15) is 0 Å². The molecule has 20 heavy (non-hydrogen) atoms. The molecule has 2 aromatic heterocycles. The Morgan fingerprint density at radius 1 is 0.850 bits per heavy atom. The summed E-state index contributed by atoms with van der Waals surface area (Å²) < 4.78 is 3.24. The minimum atomic E-state index is 0.991. The van der Waals surface area contributed by atoms with Crippen LogP contribution >= 0.6 is 15.9 Å². The van der Waals surface area contributed by atoms with Crippen molar-refractivity contribution in [2.24, 2.45) is 0 Å². The quantitative estimate of drug-likeness (QED) is 0.485. The zero-order valence-corrected chi connectivity index (χ0v) is 12.2. The molecule has 0 amide bonds. The van der Waals surface area contributed by atoms with E-state index < -0.39 is 0 Å². The van der Waals surface area contributed by atoms with Crippen molar-refractivity contribution in [3.63, 3.8) is 0 Å². The molecular weight excluding hydrogens is 312 g/mol. The predicted octanol–water partition coefficient (Wildman–Crippen LogP) is 4.94. The molecule has 0 fully saturated rings. The third-order valence-corrected chi connectivity index (χ3v) is 3.92. The van der Waals surface area contributed by atoms with Gasteiger partial charge in [0.2, 0.25) is 0 Å². The predicted molar refractivity (Wildman–Crippen MR) is 86.3 cm³/mol. The zero-order valence-electron chi connectivity index (χ0n) is 10.6. The van der Waals surface area contributed by atoms with Crippen molar-refractivity contribution in [3.05, 3.63) is 71.3 Å². The van der Waals surface area contributed by atoms with Crippen molar-refractivity contribution in [3.8, 4) is 5.69 Å². The molecule has 0 aliphatic rings. The molecule has 0 aliphatic carbocycles. The monoisotopic (exact) mass is 322 g/mol. The Hall–Kier alpha value is -2.13. The highest BCUT2D eigenvalue weighted by Gasteiger charge is 2.12. The third-order valence-electron chi connectivity index (χ3n) is 3.49. The first-order valence-corrected chi connectivity index (χ1v) is 7.24. The standard InChI is InChI=1S/C17H11BrN2/c18-12-10-16-17(19-11-12)14-8-4-5-9-15(14)20(16)13-6-2-1-3-7-13/h1-11H. The van der Waals surface area contributed by atoms with Crippen LogP contribution in [0.25, 0.3) is 27.6 Å². The van der Waals surface area contributed by atoms with Gasteiger partial charge in [0.05, 0.1) is 16.6 Å². The average Bonchev–Trinajstić information content (AvgIpc) is 2.81. The van der Waals surface area contributed by atoms with Crippen molar-refractivity contribution in [2.75, 3.05) is 0 Å². The van der Waals surface area contributed by atoms with Gasteiger partial charge < -0.3 is 4.57 Å². The number of halogens is 1. The summed E-state index contributed by atoms with van der Waals surface area (Å²) in [6.07, 6.45) is 1.85. The summed E-state index contributed by atoms with van der Waals surface area (Å²) in [5.74, 6) is 0. The summed E-state index contributed by atoms with van der Waals surface area (Å²) in [5.41, 5.74) is 4.48. The molecule has 0 bridgehead atoms. The fraction of sp³-hybridized carbons (Fsp3) is 0. The van der Waals surface area contributed by atoms with Gasteiger partial charge in [-0.3, -0.25) is 4.98 Å². The lowest BCUT2D eigenvalue weighted by molar-refractivity contribution is 1.17. The summed E-state index contributed by atoms with van der Waals surface area (Å²) in [6, 6.07) is 20.9. The summed E-state index contributed by atoms with van der Waals surface area (Å²) in [7, 11) is 0. The lowest BCUT2D eigenvalue weighted by Gasteiger charge is -2.06. The van der Waals surface area contributed by atoms with Crippen LogP contribution in [0.15, 0.2) is 71.3 Å². The molecule has 3 heteroatoms. The van der Waals surface area contributed by atoms with Crippen molar-refractivity contribution in [1.29, 1.82) is 0 Å². The first kappa shape index (κ1) is 11.7. The Kier molecular flexibility index (Phi) is 2.60. The fourth-order valence-corrected chi connectivity index (χ4v) is 2.98. The van der Waals surface area contributed by atoms with Crippen LogP contribution in [0.2, 0.25) is 0 Å². The number of rotatable bonds is 1. The SMILES string of the molecule is Brc1cnc2c3ccccc3n(-c3ccccc3)c2c1. The van der Waals surface area contributed by atoms with Crippen LogP contribution < -0.4 is 0 Å². The Bertz CT molecular complexity index is 910. The molecule has 2 heterocycles. The second-order valence-electron chi connectivity index (χ2n) is 4.71. The van der Waals surface area contributed by atoms with Crippen LogP contribution in [0.3, 0.4) is 0 Å².